The van der Waals surface area contributed by atoms with Crippen LogP contribution < -0.4 is 5.09 Å². The van der Waals surface area contributed by atoms with Crippen LogP contribution in [-0.4, -0.2) is 24.0 Å². The standard InChI is InChI=1S/C3H9ClNOPS/c1-5-7(6,8)3-2-4/h2-3H2,1H3,(H2,5,6,8). The summed E-state index contributed by atoms with van der Waals surface area (Å²) in [6.45, 7) is 0. The number of hydrogen-bond acceptors (Lipinski definition) is 1. The van der Waals surface area contributed by atoms with Gasteiger partial charge in [-0.25, -0.2) is 0 Å². The minimum Gasteiger partial charge on any atom is -0.354 e. The van der Waals surface area contributed by atoms with Gasteiger partial charge >= 0.3 is 0 Å². The summed E-state index contributed by atoms with van der Waals surface area (Å²) in [4.78, 5) is 9.05. The fourth-order valence-electron chi connectivity index (χ4n) is 0.226. The molecule has 0 aromatic heterocycles. The van der Waals surface area contributed by atoms with Crippen LogP contribution in [0.15, 0.2) is 0 Å². The van der Waals surface area contributed by atoms with Crippen molar-refractivity contribution >= 4 is 29.8 Å². The molecule has 1 atom stereocenters. The lowest BCUT2D eigenvalue weighted by atomic mass is 11.0. The van der Waals surface area contributed by atoms with Crippen molar-refractivity contribution in [3.8, 4) is 0 Å². The first-order valence-corrected chi connectivity index (χ1v) is 5.66. The molecule has 1 unspecified atom stereocenters. The second kappa shape index (κ2) is 3.80. The Hall–Kier alpha value is 0.860. The van der Waals surface area contributed by atoms with E-state index in [4.69, 9.17) is 28.3 Å². The summed E-state index contributed by atoms with van der Waals surface area (Å²) >= 11 is 10.0. The minimum atomic E-state index is -2.22. The number of alkyl halides is 1. The van der Waals surface area contributed by atoms with E-state index < -0.39 is 6.42 Å². The minimum absolute atomic E-state index is 0.425. The normalized spacial score (nSPS) is 17.9. The van der Waals surface area contributed by atoms with Crippen LogP contribution in [0.1, 0.15) is 0 Å². The Morgan fingerprint density at radius 2 is 2.38 bits per heavy atom. The highest BCUT2D eigenvalue weighted by atomic mass is 35.5. The predicted molar refractivity (Wildman–Crippen MR) is 41.2 cm³/mol. The molecule has 50 valence electrons. The van der Waals surface area contributed by atoms with Crippen LogP contribution in [0, 0.1) is 0 Å². The van der Waals surface area contributed by atoms with Crippen molar-refractivity contribution in [3.63, 3.8) is 0 Å². The third-order valence-corrected chi connectivity index (χ3v) is 3.81. The van der Waals surface area contributed by atoms with E-state index in [2.05, 4.69) is 5.09 Å². The summed E-state index contributed by atoms with van der Waals surface area (Å²) in [7, 11) is 1.65. The van der Waals surface area contributed by atoms with Gasteiger partial charge in [0, 0.05) is 12.0 Å². The molecule has 0 spiro atoms. The van der Waals surface area contributed by atoms with Crippen LogP contribution in [0.5, 0.6) is 0 Å². The van der Waals surface area contributed by atoms with E-state index >= 15 is 0 Å². The van der Waals surface area contributed by atoms with Gasteiger partial charge in [-0.2, -0.15) is 0 Å². The van der Waals surface area contributed by atoms with Crippen LogP contribution in [0.4, 0.5) is 0 Å². The highest BCUT2D eigenvalue weighted by Crippen LogP contribution is 2.33. The Balaban J connectivity index is 3.55. The average molecular weight is 174 g/mol. The monoisotopic (exact) mass is 173 g/mol. The van der Waals surface area contributed by atoms with E-state index in [0.717, 1.165) is 0 Å². The highest BCUT2D eigenvalue weighted by molar-refractivity contribution is 8.10. The largest absolute Gasteiger partial charge is 0.354 e. The molecule has 0 aliphatic carbocycles. The first-order chi connectivity index (χ1) is 3.62. The molecule has 0 radical (unpaired) electrons. The van der Waals surface area contributed by atoms with Crippen LogP contribution in [0.25, 0.3) is 0 Å². The number of halogens is 1. The van der Waals surface area contributed by atoms with Crippen molar-refractivity contribution in [1.29, 1.82) is 0 Å². The van der Waals surface area contributed by atoms with Gasteiger partial charge < -0.3 is 4.89 Å². The average Bonchev–Trinajstić information content (AvgIpc) is 1.67. The molecule has 0 aliphatic heterocycles. The fraction of sp³-hybridized carbons (Fsp3) is 1.00. The van der Waals surface area contributed by atoms with E-state index in [9.17, 15) is 0 Å². The molecule has 0 amide bonds. The first kappa shape index (κ1) is 8.86. The Morgan fingerprint density at radius 3 is 2.50 bits per heavy atom. The lowest BCUT2D eigenvalue weighted by molar-refractivity contribution is 0.612. The maximum absolute atomic E-state index is 9.05. The summed E-state index contributed by atoms with van der Waals surface area (Å²) in [5, 5.41) is 2.64. The van der Waals surface area contributed by atoms with Gasteiger partial charge in [0.2, 0.25) is 0 Å². The summed E-state index contributed by atoms with van der Waals surface area (Å²) in [5.74, 6) is 0.425. The molecule has 0 bridgehead atoms. The fourth-order valence-corrected chi connectivity index (χ4v) is 1.99. The van der Waals surface area contributed by atoms with Crippen LogP contribution in [-0.2, 0) is 11.8 Å². The van der Waals surface area contributed by atoms with Crippen molar-refractivity contribution in [2.45, 2.75) is 0 Å². The number of nitrogens with one attached hydrogen (secondary N) is 1. The third-order valence-electron chi connectivity index (χ3n) is 0.737. The predicted octanol–water partition coefficient (Wildman–Crippen LogP) is 0.746. The van der Waals surface area contributed by atoms with Gasteiger partial charge in [0.25, 0.3) is 0 Å². The summed E-state index contributed by atoms with van der Waals surface area (Å²) in [6.07, 6.45) is -1.72. The van der Waals surface area contributed by atoms with E-state index in [1.54, 1.807) is 7.05 Å². The van der Waals surface area contributed by atoms with Crippen molar-refractivity contribution in [3.05, 3.63) is 0 Å². The lowest BCUT2D eigenvalue weighted by Crippen LogP contribution is -2.05. The van der Waals surface area contributed by atoms with Crippen molar-refractivity contribution in [1.82, 2.24) is 5.09 Å². The SMILES string of the molecule is CNP(O)(=S)CCCl. The molecule has 2 N–H and O–H groups in total. The topological polar surface area (TPSA) is 32.3 Å². The molecular weight excluding hydrogens is 165 g/mol. The molecule has 2 nitrogen and oxygen atoms in total. The molecule has 0 rings (SSSR count). The zero-order valence-corrected chi connectivity index (χ0v) is 7.06. The summed E-state index contributed by atoms with van der Waals surface area (Å²) in [5.41, 5.74) is 0. The molecule has 0 aromatic carbocycles. The van der Waals surface area contributed by atoms with Crippen molar-refractivity contribution in [2.75, 3.05) is 19.1 Å². The third kappa shape index (κ3) is 3.81. The summed E-state index contributed by atoms with van der Waals surface area (Å²) in [6, 6.07) is 0. The smallest absolute Gasteiger partial charge is 0.127 e. The van der Waals surface area contributed by atoms with Gasteiger partial charge in [0.1, 0.15) is 6.42 Å². The van der Waals surface area contributed by atoms with Gasteiger partial charge in [-0.15, -0.1) is 11.6 Å². The molecular formula is C3H9ClNOPS. The van der Waals surface area contributed by atoms with Crippen LogP contribution >= 0.6 is 18.0 Å². The molecule has 0 aromatic rings. The van der Waals surface area contributed by atoms with E-state index in [-0.39, 0.29) is 0 Å². The molecule has 0 saturated heterocycles. The molecule has 8 heavy (non-hydrogen) atoms. The zero-order chi connectivity index (χ0) is 6.62. The Morgan fingerprint density at radius 1 is 1.88 bits per heavy atom. The van der Waals surface area contributed by atoms with E-state index in [1.165, 1.54) is 0 Å². The summed E-state index contributed by atoms with van der Waals surface area (Å²) < 4.78 is 0. The molecule has 0 fully saturated rings. The van der Waals surface area contributed by atoms with Crippen LogP contribution in [0.2, 0.25) is 0 Å². The van der Waals surface area contributed by atoms with Gasteiger partial charge in [0.05, 0.1) is 0 Å². The van der Waals surface area contributed by atoms with Gasteiger partial charge in [0.15, 0.2) is 0 Å². The second-order valence-corrected chi connectivity index (χ2v) is 5.83. The Kier molecular flexibility index (Phi) is 4.21. The molecule has 5 heteroatoms. The van der Waals surface area contributed by atoms with Crippen LogP contribution in [0.3, 0.4) is 0 Å². The molecule has 0 aliphatic rings. The zero-order valence-electron chi connectivity index (χ0n) is 4.59. The van der Waals surface area contributed by atoms with Crippen molar-refractivity contribution < 1.29 is 4.89 Å². The van der Waals surface area contributed by atoms with Gasteiger partial charge in [-0.3, -0.25) is 5.09 Å². The van der Waals surface area contributed by atoms with E-state index in [0.29, 0.717) is 12.0 Å². The second-order valence-electron chi connectivity index (χ2n) is 1.34. The number of rotatable bonds is 3. The van der Waals surface area contributed by atoms with Gasteiger partial charge in [-0.05, 0) is 7.05 Å². The van der Waals surface area contributed by atoms with E-state index in [1.807, 2.05) is 0 Å². The quantitative estimate of drug-likeness (QED) is 0.488. The molecule has 0 heterocycles. The Labute approximate surface area is 59.4 Å². The molecule has 0 saturated carbocycles. The maximum Gasteiger partial charge on any atom is 0.127 e. The first-order valence-electron chi connectivity index (χ1n) is 2.19. The van der Waals surface area contributed by atoms with Crippen molar-refractivity contribution in [2.24, 2.45) is 0 Å². The Bertz CT molecular complexity index is 109. The lowest BCUT2D eigenvalue weighted by Gasteiger charge is -2.10. The van der Waals surface area contributed by atoms with Gasteiger partial charge in [-0.1, -0.05) is 11.8 Å². The number of hydrogen-bond donors (Lipinski definition) is 2. The maximum atomic E-state index is 9.05. The highest BCUT2D eigenvalue weighted by Gasteiger charge is 2.05.